The zero-order valence-electron chi connectivity index (χ0n) is 9.95. The minimum Gasteiger partial charge on any atom is -0.271 e. The van der Waals surface area contributed by atoms with Crippen molar-refractivity contribution in [3.05, 3.63) is 69.4 Å². The molecule has 0 spiro atoms. The molecule has 94 valence electrons. The molecule has 1 atom stereocenters. The second kappa shape index (κ2) is 5.61. The number of nitrogens with one attached hydrogen (secondary N) is 1. The van der Waals surface area contributed by atoms with Crippen molar-refractivity contribution in [2.24, 2.45) is 5.84 Å². The molecule has 0 aliphatic carbocycles. The number of halogens is 2. The Morgan fingerprint density at radius 2 is 1.83 bits per heavy atom. The van der Waals surface area contributed by atoms with Gasteiger partial charge >= 0.3 is 0 Å². The van der Waals surface area contributed by atoms with Gasteiger partial charge in [0.05, 0.1) is 6.04 Å². The van der Waals surface area contributed by atoms with Gasteiger partial charge in [-0.05, 0) is 24.6 Å². The second-order valence-electron chi connectivity index (χ2n) is 4.18. The first kappa shape index (κ1) is 13.2. The molecular formula is C14H14BrFN2. The van der Waals surface area contributed by atoms with Crippen LogP contribution in [-0.2, 0) is 0 Å². The van der Waals surface area contributed by atoms with E-state index in [-0.39, 0.29) is 11.9 Å². The Morgan fingerprint density at radius 1 is 1.17 bits per heavy atom. The highest BCUT2D eigenvalue weighted by Gasteiger charge is 2.16. The van der Waals surface area contributed by atoms with Crippen LogP contribution in [0.5, 0.6) is 0 Å². The van der Waals surface area contributed by atoms with Gasteiger partial charge < -0.3 is 0 Å². The smallest absolute Gasteiger partial charge is 0.129 e. The van der Waals surface area contributed by atoms with E-state index in [0.29, 0.717) is 10.0 Å². The molecule has 18 heavy (non-hydrogen) atoms. The van der Waals surface area contributed by atoms with Crippen molar-refractivity contribution >= 4 is 15.9 Å². The third-order valence-electron chi connectivity index (χ3n) is 2.85. The zero-order chi connectivity index (χ0) is 13.1. The van der Waals surface area contributed by atoms with Gasteiger partial charge in [-0.3, -0.25) is 5.84 Å². The highest BCUT2D eigenvalue weighted by Crippen LogP contribution is 2.26. The van der Waals surface area contributed by atoms with E-state index in [2.05, 4.69) is 21.4 Å². The van der Waals surface area contributed by atoms with Crippen molar-refractivity contribution in [2.45, 2.75) is 13.0 Å². The fraction of sp³-hybridized carbons (Fsp3) is 0.143. The summed E-state index contributed by atoms with van der Waals surface area (Å²) < 4.78 is 14.6. The number of aryl methyl sites for hydroxylation is 1. The lowest BCUT2D eigenvalue weighted by Crippen LogP contribution is -2.29. The molecule has 3 N–H and O–H groups in total. The van der Waals surface area contributed by atoms with Crippen molar-refractivity contribution < 1.29 is 4.39 Å². The lowest BCUT2D eigenvalue weighted by atomic mass is 9.98. The molecule has 2 aromatic carbocycles. The van der Waals surface area contributed by atoms with Crippen LogP contribution in [0.25, 0.3) is 0 Å². The lowest BCUT2D eigenvalue weighted by molar-refractivity contribution is 0.559. The molecule has 0 saturated carbocycles. The molecule has 0 aromatic heterocycles. The van der Waals surface area contributed by atoms with Crippen molar-refractivity contribution in [1.82, 2.24) is 5.43 Å². The van der Waals surface area contributed by atoms with Gasteiger partial charge in [0, 0.05) is 10.0 Å². The van der Waals surface area contributed by atoms with Gasteiger partial charge in [-0.25, -0.2) is 9.82 Å². The van der Waals surface area contributed by atoms with Crippen molar-refractivity contribution in [3.63, 3.8) is 0 Å². The molecule has 4 heteroatoms. The molecule has 2 rings (SSSR count). The molecule has 0 amide bonds. The van der Waals surface area contributed by atoms with Gasteiger partial charge in [-0.2, -0.15) is 0 Å². The largest absolute Gasteiger partial charge is 0.271 e. The molecule has 0 bridgehead atoms. The standard InChI is InChI=1S/C14H14BrFN2/c1-9-2-4-10(5-3-9)14(18-17)12-7-6-11(15)8-13(12)16/h2-8,14,18H,17H2,1H3. The van der Waals surface area contributed by atoms with Crippen molar-refractivity contribution in [2.75, 3.05) is 0 Å². The molecular weight excluding hydrogens is 295 g/mol. The van der Waals surface area contributed by atoms with Gasteiger partial charge in [-0.15, -0.1) is 0 Å². The first-order chi connectivity index (χ1) is 8.61. The van der Waals surface area contributed by atoms with Crippen molar-refractivity contribution in [3.8, 4) is 0 Å². The average molecular weight is 309 g/mol. The quantitative estimate of drug-likeness (QED) is 0.673. The second-order valence-corrected chi connectivity index (χ2v) is 5.09. The van der Waals surface area contributed by atoms with E-state index in [0.717, 1.165) is 11.1 Å². The molecule has 0 fully saturated rings. The van der Waals surface area contributed by atoms with E-state index in [1.165, 1.54) is 6.07 Å². The van der Waals surface area contributed by atoms with Crippen LogP contribution >= 0.6 is 15.9 Å². The molecule has 0 aliphatic rings. The Hall–Kier alpha value is -1.23. The van der Waals surface area contributed by atoms with E-state index < -0.39 is 0 Å². The van der Waals surface area contributed by atoms with Gasteiger partial charge in [0.1, 0.15) is 5.82 Å². The normalized spacial score (nSPS) is 12.4. The van der Waals surface area contributed by atoms with Crippen LogP contribution in [0.3, 0.4) is 0 Å². The van der Waals surface area contributed by atoms with Crippen LogP contribution in [0.4, 0.5) is 4.39 Å². The maximum absolute atomic E-state index is 13.9. The van der Waals surface area contributed by atoms with Crippen LogP contribution in [0.2, 0.25) is 0 Å². The summed E-state index contributed by atoms with van der Waals surface area (Å²) in [5.74, 6) is 5.27. The number of nitrogens with two attached hydrogens (primary N) is 1. The first-order valence-electron chi connectivity index (χ1n) is 5.59. The predicted octanol–water partition coefficient (Wildman–Crippen LogP) is 3.45. The molecule has 2 nitrogen and oxygen atoms in total. The van der Waals surface area contributed by atoms with E-state index >= 15 is 0 Å². The lowest BCUT2D eigenvalue weighted by Gasteiger charge is -2.18. The topological polar surface area (TPSA) is 38.0 Å². The van der Waals surface area contributed by atoms with E-state index in [9.17, 15) is 4.39 Å². The molecule has 2 aromatic rings. The number of hydrogen-bond donors (Lipinski definition) is 2. The van der Waals surface area contributed by atoms with Crippen LogP contribution in [0.15, 0.2) is 46.9 Å². The van der Waals surface area contributed by atoms with E-state index in [1.54, 1.807) is 12.1 Å². The highest BCUT2D eigenvalue weighted by molar-refractivity contribution is 9.10. The predicted molar refractivity (Wildman–Crippen MR) is 74.4 cm³/mol. The summed E-state index contributed by atoms with van der Waals surface area (Å²) in [6.45, 7) is 2.01. The first-order valence-corrected chi connectivity index (χ1v) is 6.39. The number of benzene rings is 2. The van der Waals surface area contributed by atoms with Gasteiger partial charge in [0.25, 0.3) is 0 Å². The summed E-state index contributed by atoms with van der Waals surface area (Å²) in [6, 6.07) is 12.5. The third kappa shape index (κ3) is 2.77. The monoisotopic (exact) mass is 308 g/mol. The fourth-order valence-corrected chi connectivity index (χ4v) is 2.19. The summed E-state index contributed by atoms with van der Waals surface area (Å²) in [5.41, 5.74) is 5.28. The Morgan fingerprint density at radius 3 is 2.39 bits per heavy atom. The summed E-state index contributed by atoms with van der Waals surface area (Å²) >= 11 is 3.24. The molecule has 0 radical (unpaired) electrons. The number of rotatable bonds is 3. The molecule has 0 saturated heterocycles. The summed E-state index contributed by atoms with van der Waals surface area (Å²) in [4.78, 5) is 0. The minimum absolute atomic E-state index is 0.284. The Balaban J connectivity index is 2.41. The Bertz CT molecular complexity index is 540. The molecule has 0 aliphatic heterocycles. The minimum atomic E-state index is -0.348. The zero-order valence-corrected chi connectivity index (χ0v) is 11.5. The number of hydrazine groups is 1. The van der Waals surface area contributed by atoms with Gasteiger partial charge in [-0.1, -0.05) is 51.8 Å². The summed E-state index contributed by atoms with van der Waals surface area (Å²) in [5, 5.41) is 0. The fourth-order valence-electron chi connectivity index (χ4n) is 1.86. The summed E-state index contributed by atoms with van der Waals surface area (Å²) in [6.07, 6.45) is 0. The van der Waals surface area contributed by atoms with E-state index in [1.807, 2.05) is 31.2 Å². The highest BCUT2D eigenvalue weighted by atomic mass is 79.9. The Labute approximate surface area is 114 Å². The van der Waals surface area contributed by atoms with Crippen LogP contribution in [0, 0.1) is 12.7 Å². The maximum Gasteiger partial charge on any atom is 0.129 e. The van der Waals surface area contributed by atoms with Gasteiger partial charge in [0.2, 0.25) is 0 Å². The summed E-state index contributed by atoms with van der Waals surface area (Å²) in [7, 11) is 0. The number of hydrogen-bond acceptors (Lipinski definition) is 2. The van der Waals surface area contributed by atoms with Crippen molar-refractivity contribution in [1.29, 1.82) is 0 Å². The average Bonchev–Trinajstić information content (AvgIpc) is 2.35. The van der Waals surface area contributed by atoms with Crippen LogP contribution in [-0.4, -0.2) is 0 Å². The van der Waals surface area contributed by atoms with E-state index in [4.69, 9.17) is 5.84 Å². The maximum atomic E-state index is 13.9. The molecule has 1 unspecified atom stereocenters. The SMILES string of the molecule is Cc1ccc(C(NN)c2ccc(Br)cc2F)cc1. The van der Waals surface area contributed by atoms with Crippen LogP contribution in [0.1, 0.15) is 22.7 Å². The Kier molecular flexibility index (Phi) is 4.11. The third-order valence-corrected chi connectivity index (χ3v) is 3.34. The molecule has 0 heterocycles. The van der Waals surface area contributed by atoms with Crippen LogP contribution < -0.4 is 11.3 Å². The van der Waals surface area contributed by atoms with Gasteiger partial charge in [0.15, 0.2) is 0 Å².